The first kappa shape index (κ1) is 25.5. The molecule has 3 aromatic rings. The van der Waals surface area contributed by atoms with Gasteiger partial charge >= 0.3 is 16.3 Å². The van der Waals surface area contributed by atoms with Crippen LogP contribution in [0.15, 0.2) is 76.7 Å². The van der Waals surface area contributed by atoms with E-state index in [0.717, 1.165) is 0 Å². The molecule has 178 valence electrons. The topological polar surface area (TPSA) is 84.8 Å². The van der Waals surface area contributed by atoms with Crippen LogP contribution >= 0.6 is 23.2 Å². The first-order valence-electron chi connectivity index (χ1n) is 9.43. The molecule has 12 heteroatoms. The lowest BCUT2D eigenvalue weighted by Crippen LogP contribution is -2.20. The molecule has 1 N–H and O–H groups in total. The number of benzene rings is 3. The summed E-state index contributed by atoms with van der Waals surface area (Å²) in [5.41, 5.74) is 0.812. The van der Waals surface area contributed by atoms with Crippen LogP contribution in [0.2, 0.25) is 10.0 Å². The van der Waals surface area contributed by atoms with Gasteiger partial charge in [0.15, 0.2) is 0 Å². The molecular formula is C22H15Cl2F3N2O4S. The van der Waals surface area contributed by atoms with E-state index >= 15 is 0 Å². The standard InChI is InChI=1S/C22H15Cl2F3N2O4S/c23-15-6-4-5-14(11-15)12-20(30)29-28-13-17-19(10-9-18(21(17)24)22(25,26)27)34(31,32)33-16-7-2-1-3-8-16/h1-11,13H,12H2,(H,29,30). The molecule has 0 fully saturated rings. The number of alkyl halides is 3. The Morgan fingerprint density at radius 3 is 2.38 bits per heavy atom. The third kappa shape index (κ3) is 6.49. The summed E-state index contributed by atoms with van der Waals surface area (Å²) in [6.07, 6.45) is -4.27. The largest absolute Gasteiger partial charge is 0.417 e. The van der Waals surface area contributed by atoms with Crippen LogP contribution in [0.1, 0.15) is 16.7 Å². The van der Waals surface area contributed by atoms with Gasteiger partial charge in [-0.3, -0.25) is 4.79 Å². The fraction of sp³-hybridized carbons (Fsp3) is 0.0909. The van der Waals surface area contributed by atoms with Crippen LogP contribution in [-0.4, -0.2) is 20.5 Å². The van der Waals surface area contributed by atoms with E-state index in [0.29, 0.717) is 28.9 Å². The summed E-state index contributed by atoms with van der Waals surface area (Å²) in [6.45, 7) is 0. The number of carbonyl (C=O) groups is 1. The molecule has 0 saturated carbocycles. The van der Waals surface area contributed by atoms with Crippen LogP contribution in [0.3, 0.4) is 0 Å². The lowest BCUT2D eigenvalue weighted by Gasteiger charge is -2.15. The molecule has 1 amide bonds. The van der Waals surface area contributed by atoms with E-state index in [-0.39, 0.29) is 12.2 Å². The van der Waals surface area contributed by atoms with Gasteiger partial charge in [-0.2, -0.15) is 26.7 Å². The van der Waals surface area contributed by atoms with Crippen LogP contribution in [0.5, 0.6) is 5.75 Å². The smallest absolute Gasteiger partial charge is 0.379 e. The van der Waals surface area contributed by atoms with E-state index in [1.54, 1.807) is 30.3 Å². The maximum atomic E-state index is 13.3. The highest BCUT2D eigenvalue weighted by Crippen LogP contribution is 2.38. The minimum Gasteiger partial charge on any atom is -0.379 e. The molecular weight excluding hydrogens is 516 g/mol. The van der Waals surface area contributed by atoms with Gasteiger partial charge in [0.2, 0.25) is 5.91 Å². The molecule has 6 nitrogen and oxygen atoms in total. The first-order valence-corrected chi connectivity index (χ1v) is 11.6. The van der Waals surface area contributed by atoms with Gasteiger partial charge in [-0.15, -0.1) is 0 Å². The van der Waals surface area contributed by atoms with Crippen LogP contribution in [-0.2, 0) is 27.5 Å². The van der Waals surface area contributed by atoms with Crippen molar-refractivity contribution in [2.24, 2.45) is 5.10 Å². The quantitative estimate of drug-likeness (QED) is 0.249. The fourth-order valence-corrected chi connectivity index (χ4v) is 4.52. The molecule has 0 unspecified atom stereocenters. The highest BCUT2D eigenvalue weighted by molar-refractivity contribution is 7.87. The third-order valence-corrected chi connectivity index (χ3v) is 6.25. The molecule has 0 aliphatic heterocycles. The second-order valence-electron chi connectivity index (χ2n) is 6.79. The van der Waals surface area contributed by atoms with Crippen LogP contribution < -0.4 is 9.61 Å². The lowest BCUT2D eigenvalue weighted by molar-refractivity contribution is -0.137. The molecule has 0 aliphatic carbocycles. The summed E-state index contributed by atoms with van der Waals surface area (Å²) in [7, 11) is -4.60. The Bertz CT molecular complexity index is 1330. The van der Waals surface area contributed by atoms with Crippen molar-refractivity contribution in [3.8, 4) is 5.75 Å². The van der Waals surface area contributed by atoms with Gasteiger partial charge in [-0.25, -0.2) is 5.43 Å². The second-order valence-corrected chi connectivity index (χ2v) is 9.12. The van der Waals surface area contributed by atoms with Crippen molar-refractivity contribution in [1.82, 2.24) is 5.43 Å². The van der Waals surface area contributed by atoms with E-state index < -0.39 is 43.2 Å². The van der Waals surface area contributed by atoms with Crippen molar-refractivity contribution >= 4 is 45.4 Å². The van der Waals surface area contributed by atoms with Crippen molar-refractivity contribution < 1.29 is 30.6 Å². The van der Waals surface area contributed by atoms with E-state index in [2.05, 4.69) is 10.5 Å². The molecule has 0 saturated heterocycles. The Kier molecular flexibility index (Phi) is 7.86. The molecule has 34 heavy (non-hydrogen) atoms. The van der Waals surface area contributed by atoms with E-state index in [9.17, 15) is 26.4 Å². The minimum absolute atomic E-state index is 0.0590. The fourth-order valence-electron chi connectivity index (χ4n) is 2.82. The maximum absolute atomic E-state index is 13.3. The molecule has 3 aromatic carbocycles. The predicted octanol–water partition coefficient (Wildman–Crippen LogP) is 5.47. The second kappa shape index (κ2) is 10.5. The van der Waals surface area contributed by atoms with Crippen LogP contribution in [0.25, 0.3) is 0 Å². The summed E-state index contributed by atoms with van der Waals surface area (Å²) in [5, 5.41) is 3.09. The molecule has 0 bridgehead atoms. The normalized spacial score (nSPS) is 12.0. The maximum Gasteiger partial charge on any atom is 0.417 e. The minimum atomic E-state index is -4.86. The van der Waals surface area contributed by atoms with Crippen molar-refractivity contribution in [2.45, 2.75) is 17.5 Å². The Hall–Kier alpha value is -3.08. The van der Waals surface area contributed by atoms with Gasteiger partial charge < -0.3 is 4.18 Å². The third-order valence-electron chi connectivity index (χ3n) is 4.30. The number of carbonyl (C=O) groups excluding carboxylic acids is 1. The molecule has 3 rings (SSSR count). The van der Waals surface area contributed by atoms with Gasteiger partial charge in [-0.1, -0.05) is 53.5 Å². The number of hydrogen-bond acceptors (Lipinski definition) is 5. The monoisotopic (exact) mass is 530 g/mol. The van der Waals surface area contributed by atoms with Gasteiger partial charge in [0, 0.05) is 10.6 Å². The zero-order valence-electron chi connectivity index (χ0n) is 17.0. The van der Waals surface area contributed by atoms with Crippen LogP contribution in [0, 0.1) is 0 Å². The Morgan fingerprint density at radius 2 is 1.74 bits per heavy atom. The summed E-state index contributed by atoms with van der Waals surface area (Å²) in [4.78, 5) is 11.5. The number of nitrogens with zero attached hydrogens (tertiary/aromatic N) is 1. The predicted molar refractivity (Wildman–Crippen MR) is 122 cm³/mol. The zero-order valence-corrected chi connectivity index (χ0v) is 19.3. The van der Waals surface area contributed by atoms with Crippen molar-refractivity contribution in [3.05, 3.63) is 93.5 Å². The molecule has 0 spiro atoms. The zero-order chi connectivity index (χ0) is 24.9. The van der Waals surface area contributed by atoms with Crippen molar-refractivity contribution in [3.63, 3.8) is 0 Å². The number of nitrogens with one attached hydrogen (secondary N) is 1. The number of amides is 1. The summed E-state index contributed by atoms with van der Waals surface area (Å²) >= 11 is 11.8. The molecule has 0 atom stereocenters. The van der Waals surface area contributed by atoms with E-state index in [1.807, 2.05) is 0 Å². The van der Waals surface area contributed by atoms with Gasteiger partial charge in [0.1, 0.15) is 10.6 Å². The molecule has 0 radical (unpaired) electrons. The molecule has 0 heterocycles. The average Bonchev–Trinajstić information content (AvgIpc) is 2.74. The summed E-state index contributed by atoms with van der Waals surface area (Å²) in [5.74, 6) is -0.678. The highest BCUT2D eigenvalue weighted by Gasteiger charge is 2.36. The van der Waals surface area contributed by atoms with Crippen LogP contribution in [0.4, 0.5) is 13.2 Å². The molecule has 0 aromatic heterocycles. The van der Waals surface area contributed by atoms with Gasteiger partial charge in [0.25, 0.3) is 0 Å². The number of hydrogen-bond donors (Lipinski definition) is 1. The van der Waals surface area contributed by atoms with Crippen molar-refractivity contribution in [1.29, 1.82) is 0 Å². The highest BCUT2D eigenvalue weighted by atomic mass is 35.5. The number of rotatable bonds is 7. The lowest BCUT2D eigenvalue weighted by atomic mass is 10.1. The number of halogens is 5. The summed E-state index contributed by atoms with van der Waals surface area (Å²) in [6, 6.07) is 15.1. The average molecular weight is 531 g/mol. The molecule has 0 aliphatic rings. The SMILES string of the molecule is O=C(Cc1cccc(Cl)c1)NN=Cc1c(S(=O)(=O)Oc2ccccc2)ccc(C(F)(F)F)c1Cl. The Morgan fingerprint density at radius 1 is 1.03 bits per heavy atom. The van der Waals surface area contributed by atoms with Gasteiger partial charge in [-0.05, 0) is 42.0 Å². The van der Waals surface area contributed by atoms with E-state index in [1.165, 1.54) is 24.3 Å². The Balaban J connectivity index is 1.92. The van der Waals surface area contributed by atoms with E-state index in [4.69, 9.17) is 27.4 Å². The van der Waals surface area contributed by atoms with Gasteiger partial charge in [0.05, 0.1) is 23.2 Å². The number of para-hydroxylation sites is 1. The Labute approximate surface area is 203 Å². The first-order chi connectivity index (χ1) is 16.0. The summed E-state index contributed by atoms with van der Waals surface area (Å²) < 4.78 is 70.6. The number of hydrazone groups is 1. The van der Waals surface area contributed by atoms with Crippen molar-refractivity contribution in [2.75, 3.05) is 0 Å².